The zero-order valence-corrected chi connectivity index (χ0v) is 9.59. The van der Waals surface area contributed by atoms with Crippen LogP contribution in [0, 0.1) is 0 Å². The summed E-state index contributed by atoms with van der Waals surface area (Å²) in [5.41, 5.74) is 0. The topological polar surface area (TPSA) is 59.0 Å². The third-order valence-corrected chi connectivity index (χ3v) is 2.33. The van der Waals surface area contributed by atoms with Crippen LogP contribution in [0.3, 0.4) is 0 Å². The van der Waals surface area contributed by atoms with Crippen LogP contribution in [0.1, 0.15) is 6.92 Å². The van der Waals surface area contributed by atoms with E-state index in [1.165, 1.54) is 6.08 Å². The standard InChI is InChI=1S/C11H19NO4/c1-2-15-11(14)4-3-5-12-6-7-16-10(8-12)9-13/h3-4,10,13H,2,5-9H2,1H3/b4-3+. The van der Waals surface area contributed by atoms with Crippen LogP contribution < -0.4 is 0 Å². The van der Waals surface area contributed by atoms with Gasteiger partial charge in [-0.25, -0.2) is 4.79 Å². The summed E-state index contributed by atoms with van der Waals surface area (Å²) in [4.78, 5) is 13.1. The predicted molar refractivity (Wildman–Crippen MR) is 59.0 cm³/mol. The number of hydrogen-bond acceptors (Lipinski definition) is 5. The molecule has 0 radical (unpaired) electrons. The number of hydrogen-bond donors (Lipinski definition) is 1. The molecule has 1 aliphatic rings. The minimum atomic E-state index is -0.311. The fraction of sp³-hybridized carbons (Fsp3) is 0.727. The number of morpholine rings is 1. The van der Waals surface area contributed by atoms with E-state index in [-0.39, 0.29) is 18.7 Å². The molecule has 1 rings (SSSR count). The van der Waals surface area contributed by atoms with E-state index in [0.717, 1.165) is 6.54 Å². The maximum Gasteiger partial charge on any atom is 0.330 e. The van der Waals surface area contributed by atoms with E-state index < -0.39 is 0 Å². The maximum absolute atomic E-state index is 11.0. The van der Waals surface area contributed by atoms with Gasteiger partial charge in [0.1, 0.15) is 0 Å². The molecule has 0 aromatic carbocycles. The van der Waals surface area contributed by atoms with Gasteiger partial charge in [0.05, 0.1) is 25.9 Å². The first kappa shape index (κ1) is 13.2. The van der Waals surface area contributed by atoms with Crippen molar-refractivity contribution < 1.29 is 19.4 Å². The van der Waals surface area contributed by atoms with Gasteiger partial charge in [0.25, 0.3) is 0 Å². The van der Waals surface area contributed by atoms with Gasteiger partial charge in [-0.15, -0.1) is 0 Å². The van der Waals surface area contributed by atoms with Gasteiger partial charge in [0.2, 0.25) is 0 Å². The SMILES string of the molecule is CCOC(=O)/C=C/CN1CCOC(CO)C1. The molecule has 1 saturated heterocycles. The molecule has 1 fully saturated rings. The predicted octanol–water partition coefficient (Wildman–Crippen LogP) is -0.201. The van der Waals surface area contributed by atoms with Crippen LogP contribution in [0.5, 0.6) is 0 Å². The fourth-order valence-electron chi connectivity index (χ4n) is 1.55. The van der Waals surface area contributed by atoms with Crippen LogP contribution in [0.15, 0.2) is 12.2 Å². The molecule has 1 aliphatic heterocycles. The summed E-state index contributed by atoms with van der Waals surface area (Å²) in [6.07, 6.45) is 3.11. The van der Waals surface area contributed by atoms with Crippen LogP contribution in [0.2, 0.25) is 0 Å². The van der Waals surface area contributed by atoms with Crippen molar-refractivity contribution in [1.82, 2.24) is 4.90 Å². The second-order valence-corrected chi connectivity index (χ2v) is 3.59. The lowest BCUT2D eigenvalue weighted by atomic mass is 10.3. The molecule has 5 nitrogen and oxygen atoms in total. The molecule has 0 bridgehead atoms. The minimum absolute atomic E-state index is 0.0398. The molecule has 92 valence electrons. The van der Waals surface area contributed by atoms with Crippen molar-refractivity contribution in [2.75, 3.05) is 39.5 Å². The molecule has 0 aliphatic carbocycles. The van der Waals surface area contributed by atoms with E-state index in [9.17, 15) is 4.79 Å². The minimum Gasteiger partial charge on any atom is -0.463 e. The highest BCUT2D eigenvalue weighted by atomic mass is 16.5. The first-order valence-corrected chi connectivity index (χ1v) is 5.54. The summed E-state index contributed by atoms with van der Waals surface area (Å²) >= 11 is 0. The summed E-state index contributed by atoms with van der Waals surface area (Å²) < 4.78 is 10.1. The Kier molecular flexibility index (Phi) is 6.07. The Bertz CT molecular complexity index is 242. The van der Waals surface area contributed by atoms with Crippen LogP contribution >= 0.6 is 0 Å². The van der Waals surface area contributed by atoms with Gasteiger partial charge in [-0.2, -0.15) is 0 Å². The number of aliphatic hydroxyl groups is 1. The molecule has 0 aromatic rings. The lowest BCUT2D eigenvalue weighted by molar-refractivity contribution is -0.137. The summed E-state index contributed by atoms with van der Waals surface area (Å²) in [5.74, 6) is -0.311. The third-order valence-electron chi connectivity index (χ3n) is 2.33. The van der Waals surface area contributed by atoms with Crippen molar-refractivity contribution in [3.63, 3.8) is 0 Å². The quantitative estimate of drug-likeness (QED) is 0.522. The highest BCUT2D eigenvalue weighted by Gasteiger charge is 2.18. The third kappa shape index (κ3) is 4.74. The highest BCUT2D eigenvalue weighted by molar-refractivity contribution is 5.81. The summed E-state index contributed by atoms with van der Waals surface area (Å²) in [6.45, 7) is 5.04. The lowest BCUT2D eigenvalue weighted by Crippen LogP contribution is -2.43. The molecule has 1 atom stereocenters. The Morgan fingerprint density at radius 1 is 1.69 bits per heavy atom. The zero-order valence-electron chi connectivity index (χ0n) is 9.59. The molecular weight excluding hydrogens is 210 g/mol. The summed E-state index contributed by atoms with van der Waals surface area (Å²) in [5, 5.41) is 8.95. The van der Waals surface area contributed by atoms with Gasteiger partial charge in [0, 0.05) is 25.7 Å². The van der Waals surface area contributed by atoms with Gasteiger partial charge < -0.3 is 14.6 Å². The lowest BCUT2D eigenvalue weighted by Gasteiger charge is -2.31. The van der Waals surface area contributed by atoms with Crippen LogP contribution in [-0.2, 0) is 14.3 Å². The second kappa shape index (κ2) is 7.38. The van der Waals surface area contributed by atoms with Gasteiger partial charge >= 0.3 is 5.97 Å². The van der Waals surface area contributed by atoms with E-state index in [0.29, 0.717) is 26.3 Å². The number of rotatable bonds is 5. The fourth-order valence-corrected chi connectivity index (χ4v) is 1.55. The first-order valence-electron chi connectivity index (χ1n) is 5.54. The van der Waals surface area contributed by atoms with Crippen LogP contribution in [0.25, 0.3) is 0 Å². The smallest absolute Gasteiger partial charge is 0.330 e. The molecule has 0 spiro atoms. The van der Waals surface area contributed by atoms with Crippen LogP contribution in [0.4, 0.5) is 0 Å². The normalized spacial score (nSPS) is 22.5. The molecule has 0 aromatic heterocycles. The number of aliphatic hydroxyl groups excluding tert-OH is 1. The number of carbonyl (C=O) groups excluding carboxylic acids is 1. The number of nitrogens with zero attached hydrogens (tertiary/aromatic N) is 1. The van der Waals surface area contributed by atoms with E-state index in [4.69, 9.17) is 14.6 Å². The summed E-state index contributed by atoms with van der Waals surface area (Å²) in [6, 6.07) is 0. The Balaban J connectivity index is 2.23. The maximum atomic E-state index is 11.0. The van der Waals surface area contributed by atoms with Crippen LogP contribution in [-0.4, -0.2) is 61.5 Å². The van der Waals surface area contributed by atoms with Crippen molar-refractivity contribution in [2.45, 2.75) is 13.0 Å². The summed E-state index contributed by atoms with van der Waals surface area (Å²) in [7, 11) is 0. The zero-order chi connectivity index (χ0) is 11.8. The van der Waals surface area contributed by atoms with Crippen molar-refractivity contribution in [2.24, 2.45) is 0 Å². The Labute approximate surface area is 95.6 Å². The molecule has 5 heteroatoms. The second-order valence-electron chi connectivity index (χ2n) is 3.59. The van der Waals surface area contributed by atoms with Crippen molar-refractivity contribution in [3.8, 4) is 0 Å². The molecule has 0 saturated carbocycles. The number of esters is 1. The van der Waals surface area contributed by atoms with Crippen molar-refractivity contribution in [3.05, 3.63) is 12.2 Å². The van der Waals surface area contributed by atoms with Crippen molar-refractivity contribution in [1.29, 1.82) is 0 Å². The Morgan fingerprint density at radius 3 is 3.19 bits per heavy atom. The van der Waals surface area contributed by atoms with E-state index >= 15 is 0 Å². The van der Waals surface area contributed by atoms with E-state index in [2.05, 4.69) is 4.90 Å². The molecule has 1 unspecified atom stereocenters. The molecule has 0 amide bonds. The number of carbonyl (C=O) groups is 1. The Hall–Kier alpha value is -0.910. The first-order chi connectivity index (χ1) is 7.76. The largest absolute Gasteiger partial charge is 0.463 e. The van der Waals surface area contributed by atoms with E-state index in [1.54, 1.807) is 13.0 Å². The van der Waals surface area contributed by atoms with Gasteiger partial charge in [-0.3, -0.25) is 4.90 Å². The van der Waals surface area contributed by atoms with Crippen molar-refractivity contribution >= 4 is 5.97 Å². The average Bonchev–Trinajstić information content (AvgIpc) is 2.30. The van der Waals surface area contributed by atoms with E-state index in [1.807, 2.05) is 0 Å². The molecular formula is C11H19NO4. The average molecular weight is 229 g/mol. The van der Waals surface area contributed by atoms with Gasteiger partial charge in [-0.05, 0) is 6.92 Å². The van der Waals surface area contributed by atoms with Gasteiger partial charge in [-0.1, -0.05) is 6.08 Å². The van der Waals surface area contributed by atoms with Gasteiger partial charge in [0.15, 0.2) is 0 Å². The molecule has 1 heterocycles. The monoisotopic (exact) mass is 229 g/mol. The molecule has 1 N–H and O–H groups in total. The number of ether oxygens (including phenoxy) is 2. The molecule has 16 heavy (non-hydrogen) atoms. The Morgan fingerprint density at radius 2 is 2.50 bits per heavy atom. The highest BCUT2D eigenvalue weighted by Crippen LogP contribution is 2.04.